The number of fused-ring (bicyclic) bond motifs is 4. The van der Waals surface area contributed by atoms with Gasteiger partial charge in [-0.1, -0.05) is 24.6 Å². The van der Waals surface area contributed by atoms with Crippen molar-refractivity contribution in [1.82, 2.24) is 24.6 Å². The first-order valence-corrected chi connectivity index (χ1v) is 9.93. The highest BCUT2D eigenvalue weighted by molar-refractivity contribution is 5.92. The number of hydrogen-bond donors (Lipinski definition) is 1. The predicted molar refractivity (Wildman–Crippen MR) is 110 cm³/mol. The van der Waals surface area contributed by atoms with Crippen LogP contribution in [0.4, 0.5) is 0 Å². The van der Waals surface area contributed by atoms with Gasteiger partial charge in [0.2, 0.25) is 5.91 Å². The second-order valence-corrected chi connectivity index (χ2v) is 7.43. The van der Waals surface area contributed by atoms with Gasteiger partial charge in [-0.2, -0.15) is 0 Å². The fourth-order valence-electron chi connectivity index (χ4n) is 4.09. The fourth-order valence-corrected chi connectivity index (χ4v) is 4.09. The summed E-state index contributed by atoms with van der Waals surface area (Å²) >= 11 is 0. The topological polar surface area (TPSA) is 62.5 Å². The van der Waals surface area contributed by atoms with E-state index in [-0.39, 0.29) is 5.91 Å². The number of carbonyl (C=O) groups is 1. The normalized spacial score (nSPS) is 15.4. The van der Waals surface area contributed by atoms with Crippen molar-refractivity contribution in [1.29, 1.82) is 0 Å². The summed E-state index contributed by atoms with van der Waals surface area (Å²) in [7, 11) is 0. The van der Waals surface area contributed by atoms with Crippen molar-refractivity contribution < 1.29 is 4.79 Å². The molecule has 3 aromatic heterocycles. The lowest BCUT2D eigenvalue weighted by Gasteiger charge is -2.25. The number of nitrogens with one attached hydrogen (secondary N) is 1. The molecule has 1 N–H and O–H groups in total. The maximum Gasteiger partial charge on any atom is 0.234 e. The molecule has 0 unspecified atom stereocenters. The van der Waals surface area contributed by atoms with Crippen molar-refractivity contribution in [3.63, 3.8) is 0 Å². The van der Waals surface area contributed by atoms with E-state index in [1.54, 1.807) is 0 Å². The van der Waals surface area contributed by atoms with Crippen LogP contribution < -0.4 is 5.32 Å². The van der Waals surface area contributed by atoms with Crippen LogP contribution in [-0.2, 0) is 11.3 Å². The van der Waals surface area contributed by atoms with Crippen molar-refractivity contribution in [2.24, 2.45) is 0 Å². The van der Waals surface area contributed by atoms with Crippen molar-refractivity contribution in [3.8, 4) is 0 Å². The largest absolute Gasteiger partial charge is 0.351 e. The Kier molecular flexibility index (Phi) is 4.41. The first-order chi connectivity index (χ1) is 13.8. The van der Waals surface area contributed by atoms with Gasteiger partial charge in [-0.25, -0.2) is 9.97 Å². The quantitative estimate of drug-likeness (QED) is 0.597. The van der Waals surface area contributed by atoms with Crippen molar-refractivity contribution in [2.75, 3.05) is 19.6 Å². The van der Waals surface area contributed by atoms with Crippen LogP contribution in [0.2, 0.25) is 0 Å². The maximum absolute atomic E-state index is 12.5. The Morgan fingerprint density at radius 1 is 0.964 bits per heavy atom. The number of carbonyl (C=O) groups excluding carboxylic acids is 1. The molecule has 0 radical (unpaired) electrons. The Morgan fingerprint density at radius 2 is 1.71 bits per heavy atom. The highest BCUT2D eigenvalue weighted by Crippen LogP contribution is 2.26. The third kappa shape index (κ3) is 3.10. The zero-order valence-corrected chi connectivity index (χ0v) is 15.8. The number of nitrogens with zero attached hydrogens (tertiary/aromatic N) is 4. The Labute approximate surface area is 163 Å². The van der Waals surface area contributed by atoms with Gasteiger partial charge < -0.3 is 5.32 Å². The molecular weight excluding hydrogens is 350 g/mol. The molecule has 142 valence electrons. The SMILES string of the molecule is O=C(CN1CCCCC1)NCc1c2nc3ccccc3nc2n2ccccc12. The summed E-state index contributed by atoms with van der Waals surface area (Å²) in [4.78, 5) is 24.4. The zero-order valence-electron chi connectivity index (χ0n) is 15.8. The summed E-state index contributed by atoms with van der Waals surface area (Å²) in [6.07, 6.45) is 5.64. The third-order valence-corrected chi connectivity index (χ3v) is 5.51. The lowest BCUT2D eigenvalue weighted by molar-refractivity contribution is -0.122. The maximum atomic E-state index is 12.5. The molecule has 6 nitrogen and oxygen atoms in total. The molecular formula is C22H23N5O. The molecule has 0 spiro atoms. The molecule has 0 saturated carbocycles. The number of hydrogen-bond acceptors (Lipinski definition) is 4. The summed E-state index contributed by atoms with van der Waals surface area (Å²) in [5.74, 6) is 0.0686. The lowest BCUT2D eigenvalue weighted by Crippen LogP contribution is -2.39. The average molecular weight is 373 g/mol. The molecule has 6 heteroatoms. The molecule has 0 aliphatic carbocycles. The van der Waals surface area contributed by atoms with Gasteiger partial charge in [0.05, 0.1) is 23.1 Å². The summed E-state index contributed by atoms with van der Waals surface area (Å²) in [5.41, 5.74) is 5.47. The van der Waals surface area contributed by atoms with E-state index in [0.717, 1.165) is 46.4 Å². The van der Waals surface area contributed by atoms with Crippen LogP contribution in [0.5, 0.6) is 0 Å². The first-order valence-electron chi connectivity index (χ1n) is 9.93. The monoisotopic (exact) mass is 373 g/mol. The molecule has 4 aromatic rings. The van der Waals surface area contributed by atoms with E-state index in [0.29, 0.717) is 13.1 Å². The average Bonchev–Trinajstić information content (AvgIpc) is 3.04. The van der Waals surface area contributed by atoms with Gasteiger partial charge in [-0.05, 0) is 50.2 Å². The van der Waals surface area contributed by atoms with E-state index in [4.69, 9.17) is 9.97 Å². The van der Waals surface area contributed by atoms with E-state index < -0.39 is 0 Å². The lowest BCUT2D eigenvalue weighted by atomic mass is 10.1. The van der Waals surface area contributed by atoms with Gasteiger partial charge in [0.15, 0.2) is 5.65 Å². The molecule has 1 aromatic carbocycles. The number of amides is 1. The predicted octanol–water partition coefficient (Wildman–Crippen LogP) is 3.14. The van der Waals surface area contributed by atoms with Crippen LogP contribution in [0.1, 0.15) is 24.8 Å². The number of rotatable bonds is 4. The Morgan fingerprint density at radius 3 is 2.54 bits per heavy atom. The molecule has 0 atom stereocenters. The van der Waals surface area contributed by atoms with Crippen LogP contribution in [0, 0.1) is 0 Å². The third-order valence-electron chi connectivity index (χ3n) is 5.51. The van der Waals surface area contributed by atoms with Crippen molar-refractivity contribution in [3.05, 3.63) is 54.2 Å². The minimum Gasteiger partial charge on any atom is -0.351 e. The smallest absolute Gasteiger partial charge is 0.234 e. The van der Waals surface area contributed by atoms with E-state index in [2.05, 4.69) is 20.7 Å². The number of benzene rings is 1. The number of likely N-dealkylation sites (tertiary alicyclic amines) is 1. The van der Waals surface area contributed by atoms with E-state index in [9.17, 15) is 4.79 Å². The molecule has 1 amide bonds. The molecule has 0 bridgehead atoms. The highest BCUT2D eigenvalue weighted by atomic mass is 16.2. The van der Waals surface area contributed by atoms with Crippen LogP contribution in [-0.4, -0.2) is 44.8 Å². The molecule has 1 saturated heterocycles. The van der Waals surface area contributed by atoms with Crippen LogP contribution in [0.15, 0.2) is 48.7 Å². The van der Waals surface area contributed by atoms with Gasteiger partial charge in [-0.3, -0.25) is 14.1 Å². The minimum absolute atomic E-state index is 0.0686. The Hall–Kier alpha value is -2.99. The fraction of sp³-hybridized carbons (Fsp3) is 0.318. The summed E-state index contributed by atoms with van der Waals surface area (Å²) < 4.78 is 2.06. The highest BCUT2D eigenvalue weighted by Gasteiger charge is 2.17. The van der Waals surface area contributed by atoms with Crippen molar-refractivity contribution >= 4 is 33.6 Å². The minimum atomic E-state index is 0.0686. The number of para-hydroxylation sites is 2. The standard InChI is InChI=1S/C22H23N5O/c28-20(15-26-11-5-1-6-12-26)23-14-16-19-10-4-7-13-27(19)22-21(16)24-17-8-2-3-9-18(17)25-22/h2-4,7-10,13H,1,5-6,11-12,14-15H2,(H,23,28). The van der Waals surface area contributed by atoms with E-state index >= 15 is 0 Å². The van der Waals surface area contributed by atoms with Gasteiger partial charge in [0.1, 0.15) is 5.52 Å². The van der Waals surface area contributed by atoms with E-state index in [1.807, 2.05) is 42.6 Å². The molecule has 4 heterocycles. The zero-order chi connectivity index (χ0) is 18.9. The van der Waals surface area contributed by atoms with Gasteiger partial charge >= 0.3 is 0 Å². The van der Waals surface area contributed by atoms with Crippen LogP contribution in [0.25, 0.3) is 27.7 Å². The van der Waals surface area contributed by atoms with Gasteiger partial charge in [0.25, 0.3) is 0 Å². The van der Waals surface area contributed by atoms with E-state index in [1.165, 1.54) is 19.3 Å². The number of piperidine rings is 1. The molecule has 1 aliphatic heterocycles. The van der Waals surface area contributed by atoms with Crippen LogP contribution in [0.3, 0.4) is 0 Å². The number of pyridine rings is 1. The molecule has 1 aliphatic rings. The summed E-state index contributed by atoms with van der Waals surface area (Å²) in [5, 5.41) is 3.10. The summed E-state index contributed by atoms with van der Waals surface area (Å²) in [6, 6.07) is 13.9. The van der Waals surface area contributed by atoms with Gasteiger partial charge in [0, 0.05) is 18.3 Å². The Balaban J connectivity index is 1.48. The Bertz CT molecular complexity index is 1160. The summed E-state index contributed by atoms with van der Waals surface area (Å²) in [6.45, 7) is 2.96. The second-order valence-electron chi connectivity index (χ2n) is 7.43. The second kappa shape index (κ2) is 7.20. The molecule has 5 rings (SSSR count). The van der Waals surface area contributed by atoms with Crippen molar-refractivity contribution in [2.45, 2.75) is 25.8 Å². The van der Waals surface area contributed by atoms with Crippen LogP contribution >= 0.6 is 0 Å². The first kappa shape index (κ1) is 17.1. The molecule has 1 fully saturated rings. The number of aromatic nitrogens is 3. The molecule has 28 heavy (non-hydrogen) atoms. The van der Waals surface area contributed by atoms with Gasteiger partial charge in [-0.15, -0.1) is 0 Å².